The predicted molar refractivity (Wildman–Crippen MR) is 72.3 cm³/mol. The van der Waals surface area contributed by atoms with Gasteiger partial charge in [0.1, 0.15) is 23.8 Å². The normalized spacial score (nSPS) is 10.7. The summed E-state index contributed by atoms with van der Waals surface area (Å²) in [4.78, 5) is 13.3. The van der Waals surface area contributed by atoms with Gasteiger partial charge in [0.25, 0.3) is 0 Å². The molecule has 0 aromatic carbocycles. The molecule has 0 spiro atoms. The van der Waals surface area contributed by atoms with E-state index in [1.54, 1.807) is 0 Å². The van der Waals surface area contributed by atoms with Crippen LogP contribution in [-0.2, 0) is 0 Å². The number of hydrogen-bond acceptors (Lipinski definition) is 4. The second kappa shape index (κ2) is 4.76. The lowest BCUT2D eigenvalue weighted by Crippen LogP contribution is -2.10. The van der Waals surface area contributed by atoms with Crippen LogP contribution in [0.25, 0.3) is 5.82 Å². The largest absolute Gasteiger partial charge is 0.370 e. The van der Waals surface area contributed by atoms with Crippen LogP contribution < -0.4 is 5.32 Å². The van der Waals surface area contributed by atoms with Crippen LogP contribution in [0.5, 0.6) is 0 Å². The van der Waals surface area contributed by atoms with E-state index in [0.29, 0.717) is 0 Å². The fourth-order valence-electron chi connectivity index (χ4n) is 1.90. The molecule has 1 N–H and O–H groups in total. The Kier molecular flexibility index (Phi) is 3.32. The summed E-state index contributed by atoms with van der Waals surface area (Å²) in [6, 6.07) is 0. The van der Waals surface area contributed by atoms with Crippen molar-refractivity contribution in [2.45, 2.75) is 34.6 Å². The molecule has 0 radical (unpaired) electrons. The first-order chi connectivity index (χ1) is 8.54. The van der Waals surface area contributed by atoms with Crippen molar-refractivity contribution in [3.8, 4) is 5.82 Å². The second-order valence-corrected chi connectivity index (χ2v) is 4.38. The molecular weight excluding hydrogens is 226 g/mol. The molecule has 18 heavy (non-hydrogen) atoms. The van der Waals surface area contributed by atoms with Gasteiger partial charge in [-0.05, 0) is 34.6 Å². The lowest BCUT2D eigenvalue weighted by Gasteiger charge is -2.13. The van der Waals surface area contributed by atoms with Crippen LogP contribution in [0.2, 0.25) is 0 Å². The Hall–Kier alpha value is -1.91. The first-order valence-electron chi connectivity index (χ1n) is 6.14. The van der Waals surface area contributed by atoms with Gasteiger partial charge >= 0.3 is 0 Å². The molecule has 0 bridgehead atoms. The van der Waals surface area contributed by atoms with Gasteiger partial charge in [-0.25, -0.2) is 15.0 Å². The molecule has 0 aliphatic carbocycles. The zero-order chi connectivity index (χ0) is 13.3. The number of imidazole rings is 1. The number of hydrogen-bond donors (Lipinski definition) is 1. The van der Waals surface area contributed by atoms with Crippen molar-refractivity contribution >= 4 is 5.82 Å². The monoisotopic (exact) mass is 245 g/mol. The van der Waals surface area contributed by atoms with Crippen LogP contribution in [0, 0.1) is 27.7 Å². The highest BCUT2D eigenvalue weighted by Gasteiger charge is 2.13. The maximum Gasteiger partial charge on any atom is 0.146 e. The summed E-state index contributed by atoms with van der Waals surface area (Å²) >= 11 is 0. The fraction of sp³-hybridized carbons (Fsp3) is 0.462. The van der Waals surface area contributed by atoms with Crippen LogP contribution in [0.15, 0.2) is 6.33 Å². The number of aryl methyl sites for hydroxylation is 2. The Morgan fingerprint density at radius 1 is 1.17 bits per heavy atom. The van der Waals surface area contributed by atoms with Crippen molar-refractivity contribution in [1.29, 1.82) is 0 Å². The van der Waals surface area contributed by atoms with Crippen molar-refractivity contribution in [2.24, 2.45) is 0 Å². The molecule has 2 heterocycles. The van der Waals surface area contributed by atoms with E-state index >= 15 is 0 Å². The maximum absolute atomic E-state index is 4.53. The van der Waals surface area contributed by atoms with E-state index < -0.39 is 0 Å². The van der Waals surface area contributed by atoms with Gasteiger partial charge in [-0.2, -0.15) is 0 Å². The Bertz CT molecular complexity index is 571. The Morgan fingerprint density at radius 2 is 1.89 bits per heavy atom. The molecule has 2 aromatic rings. The second-order valence-electron chi connectivity index (χ2n) is 4.38. The molecule has 5 heteroatoms. The van der Waals surface area contributed by atoms with Crippen LogP contribution in [0.1, 0.15) is 29.7 Å². The molecule has 0 fully saturated rings. The van der Waals surface area contributed by atoms with Crippen LogP contribution in [0.4, 0.5) is 5.82 Å². The molecule has 96 valence electrons. The van der Waals surface area contributed by atoms with Gasteiger partial charge in [0.05, 0.1) is 5.69 Å². The number of anilines is 1. The molecule has 2 aromatic heterocycles. The van der Waals surface area contributed by atoms with Crippen molar-refractivity contribution < 1.29 is 0 Å². The van der Waals surface area contributed by atoms with Gasteiger partial charge in [0, 0.05) is 17.8 Å². The zero-order valence-electron chi connectivity index (χ0n) is 11.6. The van der Waals surface area contributed by atoms with Gasteiger partial charge in [0.2, 0.25) is 0 Å². The lowest BCUT2D eigenvalue weighted by molar-refractivity contribution is 0.892. The van der Waals surface area contributed by atoms with Gasteiger partial charge in [0.15, 0.2) is 0 Å². The lowest BCUT2D eigenvalue weighted by atomic mass is 10.3. The third-order valence-electron chi connectivity index (χ3n) is 3.06. The standard InChI is InChI=1S/C13H19N5/c1-6-14-12-8(2)13(17-11(5)16-12)18-7-15-9(3)10(18)4/h7H,6H2,1-5H3,(H,14,16,17). The van der Waals surface area contributed by atoms with Crippen molar-refractivity contribution in [2.75, 3.05) is 11.9 Å². The molecule has 0 aliphatic heterocycles. The SMILES string of the molecule is CCNc1nc(C)nc(-n2cnc(C)c2C)c1C. The quantitative estimate of drug-likeness (QED) is 0.901. The summed E-state index contributed by atoms with van der Waals surface area (Å²) in [6.45, 7) is 10.9. The third-order valence-corrected chi connectivity index (χ3v) is 3.06. The summed E-state index contributed by atoms with van der Waals surface area (Å²) in [5, 5.41) is 3.27. The van der Waals surface area contributed by atoms with E-state index in [9.17, 15) is 0 Å². The Balaban J connectivity index is 2.60. The van der Waals surface area contributed by atoms with Crippen LogP contribution >= 0.6 is 0 Å². The van der Waals surface area contributed by atoms with Crippen LogP contribution in [0.3, 0.4) is 0 Å². The van der Waals surface area contributed by atoms with E-state index in [1.165, 1.54) is 0 Å². The molecule has 0 saturated heterocycles. The highest BCUT2D eigenvalue weighted by atomic mass is 15.2. The van der Waals surface area contributed by atoms with Crippen molar-refractivity contribution in [1.82, 2.24) is 19.5 Å². The highest BCUT2D eigenvalue weighted by Crippen LogP contribution is 2.21. The highest BCUT2D eigenvalue weighted by molar-refractivity contribution is 5.52. The van der Waals surface area contributed by atoms with E-state index in [4.69, 9.17) is 0 Å². The Morgan fingerprint density at radius 3 is 2.44 bits per heavy atom. The molecule has 5 nitrogen and oxygen atoms in total. The summed E-state index contributed by atoms with van der Waals surface area (Å²) < 4.78 is 2.01. The topological polar surface area (TPSA) is 55.6 Å². The number of nitrogens with one attached hydrogen (secondary N) is 1. The van der Waals surface area contributed by atoms with Gasteiger partial charge < -0.3 is 5.32 Å². The minimum absolute atomic E-state index is 0.761. The maximum atomic E-state index is 4.53. The zero-order valence-corrected chi connectivity index (χ0v) is 11.6. The van der Waals surface area contributed by atoms with Gasteiger partial charge in [-0.15, -0.1) is 0 Å². The molecule has 0 saturated carbocycles. The Labute approximate surface area is 107 Å². The first kappa shape index (κ1) is 12.5. The molecule has 0 atom stereocenters. The van der Waals surface area contributed by atoms with Gasteiger partial charge in [-0.1, -0.05) is 0 Å². The van der Waals surface area contributed by atoms with E-state index in [1.807, 2.05) is 38.6 Å². The van der Waals surface area contributed by atoms with E-state index in [-0.39, 0.29) is 0 Å². The minimum atomic E-state index is 0.761. The summed E-state index contributed by atoms with van der Waals surface area (Å²) in [5.41, 5.74) is 3.18. The summed E-state index contributed by atoms with van der Waals surface area (Å²) in [6.07, 6.45) is 1.81. The number of aromatic nitrogens is 4. The van der Waals surface area contributed by atoms with Crippen molar-refractivity contribution in [3.05, 3.63) is 29.1 Å². The number of nitrogens with zero attached hydrogens (tertiary/aromatic N) is 4. The molecule has 0 unspecified atom stereocenters. The smallest absolute Gasteiger partial charge is 0.146 e. The predicted octanol–water partition coefficient (Wildman–Crippen LogP) is 2.33. The average molecular weight is 245 g/mol. The molecule has 0 aliphatic rings. The molecule has 2 rings (SSSR count). The molecular formula is C13H19N5. The van der Waals surface area contributed by atoms with E-state index in [2.05, 4.69) is 27.2 Å². The van der Waals surface area contributed by atoms with E-state index in [0.717, 1.165) is 41.0 Å². The van der Waals surface area contributed by atoms with Crippen molar-refractivity contribution in [3.63, 3.8) is 0 Å². The first-order valence-corrected chi connectivity index (χ1v) is 6.14. The molecule has 0 amide bonds. The minimum Gasteiger partial charge on any atom is -0.370 e. The number of rotatable bonds is 3. The van der Waals surface area contributed by atoms with Crippen LogP contribution in [-0.4, -0.2) is 26.1 Å². The average Bonchev–Trinajstić information content (AvgIpc) is 2.65. The van der Waals surface area contributed by atoms with Gasteiger partial charge in [-0.3, -0.25) is 4.57 Å². The summed E-state index contributed by atoms with van der Waals surface area (Å²) in [5.74, 6) is 2.56. The third kappa shape index (κ3) is 2.08. The fourth-order valence-corrected chi connectivity index (χ4v) is 1.90. The summed E-state index contributed by atoms with van der Waals surface area (Å²) in [7, 11) is 0.